The van der Waals surface area contributed by atoms with Crippen LogP contribution in [0.1, 0.15) is 13.8 Å². The molecule has 0 bridgehead atoms. The molecule has 0 atom stereocenters. The van der Waals surface area contributed by atoms with E-state index in [4.69, 9.17) is 0 Å². The molecule has 0 amide bonds. The molecule has 0 saturated carbocycles. The molecule has 0 fully saturated rings. The molecular formula is C17H18N4O4. The van der Waals surface area contributed by atoms with Crippen LogP contribution in [0, 0.1) is 31.6 Å². The summed E-state index contributed by atoms with van der Waals surface area (Å²) in [6.07, 6.45) is 13.5. The lowest BCUT2D eigenvalue weighted by atomic mass is 9.79. The van der Waals surface area contributed by atoms with Crippen molar-refractivity contribution in [2.45, 2.75) is 13.8 Å². The third-order valence-electron chi connectivity index (χ3n) is 3.80. The summed E-state index contributed by atoms with van der Waals surface area (Å²) >= 11 is 0. The van der Waals surface area contributed by atoms with Crippen LogP contribution in [0.15, 0.2) is 59.8 Å². The summed E-state index contributed by atoms with van der Waals surface area (Å²) in [5.41, 5.74) is 1.63. The summed E-state index contributed by atoms with van der Waals surface area (Å²) in [6, 6.07) is 3.37. The molecule has 0 unspecified atom stereocenters. The van der Waals surface area contributed by atoms with E-state index in [1.807, 2.05) is 50.3 Å². The van der Waals surface area contributed by atoms with E-state index in [2.05, 4.69) is 10.5 Å². The summed E-state index contributed by atoms with van der Waals surface area (Å²) in [4.78, 5) is 20.5. The van der Waals surface area contributed by atoms with E-state index in [9.17, 15) is 20.2 Å². The highest BCUT2D eigenvalue weighted by molar-refractivity contribution is 5.70. The molecule has 1 aliphatic carbocycles. The van der Waals surface area contributed by atoms with Gasteiger partial charge in [-0.15, -0.1) is 0 Å². The molecule has 0 aliphatic heterocycles. The number of hydrogen-bond acceptors (Lipinski definition) is 6. The zero-order chi connectivity index (χ0) is 18.4. The van der Waals surface area contributed by atoms with Crippen molar-refractivity contribution in [2.24, 2.45) is 16.4 Å². The molecule has 8 heteroatoms. The summed E-state index contributed by atoms with van der Waals surface area (Å²) in [6.45, 7) is 3.99. The first-order valence-electron chi connectivity index (χ1n) is 7.56. The van der Waals surface area contributed by atoms with E-state index in [1.54, 1.807) is 6.21 Å². The smallest absolute Gasteiger partial charge is 0.272 e. The van der Waals surface area contributed by atoms with Gasteiger partial charge in [-0.1, -0.05) is 50.3 Å². The van der Waals surface area contributed by atoms with Crippen molar-refractivity contribution in [1.29, 1.82) is 0 Å². The van der Waals surface area contributed by atoms with Crippen molar-refractivity contribution in [1.82, 2.24) is 0 Å². The van der Waals surface area contributed by atoms with Crippen LogP contribution in [0.25, 0.3) is 0 Å². The van der Waals surface area contributed by atoms with Gasteiger partial charge in [-0.25, -0.2) is 0 Å². The number of allylic oxidation sites excluding steroid dienone is 6. The number of non-ortho nitro benzene ring substituents is 1. The van der Waals surface area contributed by atoms with Crippen molar-refractivity contribution in [3.05, 3.63) is 74.9 Å². The first-order chi connectivity index (χ1) is 11.8. The summed E-state index contributed by atoms with van der Waals surface area (Å²) < 4.78 is 0. The van der Waals surface area contributed by atoms with Crippen molar-refractivity contribution < 1.29 is 9.85 Å². The molecule has 1 aromatic carbocycles. The fourth-order valence-electron chi connectivity index (χ4n) is 2.29. The Morgan fingerprint density at radius 2 is 1.72 bits per heavy atom. The highest BCUT2D eigenvalue weighted by Gasteiger charge is 2.24. The molecule has 1 aliphatic rings. The van der Waals surface area contributed by atoms with Crippen molar-refractivity contribution in [3.8, 4) is 0 Å². The number of nitrogens with zero attached hydrogens (tertiary/aromatic N) is 3. The van der Waals surface area contributed by atoms with E-state index in [1.165, 1.54) is 12.1 Å². The van der Waals surface area contributed by atoms with Crippen LogP contribution in [0.2, 0.25) is 0 Å². The number of benzene rings is 1. The average Bonchev–Trinajstić information content (AvgIpc) is 2.84. The predicted molar refractivity (Wildman–Crippen MR) is 96.6 cm³/mol. The minimum atomic E-state index is -0.682. The number of nitro groups is 2. The molecule has 0 heterocycles. The van der Waals surface area contributed by atoms with Crippen molar-refractivity contribution in [2.75, 3.05) is 5.43 Å². The maximum atomic E-state index is 11.1. The fourth-order valence-corrected chi connectivity index (χ4v) is 2.29. The molecule has 25 heavy (non-hydrogen) atoms. The molecule has 130 valence electrons. The number of hydrazone groups is 1. The second-order valence-electron chi connectivity index (χ2n) is 6.09. The Labute approximate surface area is 144 Å². The zero-order valence-corrected chi connectivity index (χ0v) is 13.8. The van der Waals surface area contributed by atoms with Gasteiger partial charge in [-0.3, -0.25) is 25.7 Å². The van der Waals surface area contributed by atoms with E-state index in [0.29, 0.717) is 0 Å². The average molecular weight is 342 g/mol. The van der Waals surface area contributed by atoms with Gasteiger partial charge in [0.1, 0.15) is 5.69 Å². The lowest BCUT2D eigenvalue weighted by Gasteiger charge is -2.25. The number of rotatable bonds is 6. The predicted octanol–water partition coefficient (Wildman–Crippen LogP) is 4.23. The van der Waals surface area contributed by atoms with Crippen LogP contribution < -0.4 is 5.43 Å². The molecule has 2 rings (SSSR count). The number of nitro benzene ring substituents is 2. The van der Waals surface area contributed by atoms with Crippen LogP contribution in [0.4, 0.5) is 17.1 Å². The van der Waals surface area contributed by atoms with E-state index in [-0.39, 0.29) is 22.7 Å². The number of hydrogen-bond donors (Lipinski definition) is 1. The molecule has 0 radical (unpaired) electrons. The maximum absolute atomic E-state index is 11.1. The zero-order valence-electron chi connectivity index (χ0n) is 13.8. The van der Waals surface area contributed by atoms with Crippen LogP contribution in [-0.4, -0.2) is 16.1 Å². The van der Waals surface area contributed by atoms with E-state index >= 15 is 0 Å². The second-order valence-corrected chi connectivity index (χ2v) is 6.09. The minimum Gasteiger partial charge on any atom is -0.272 e. The summed E-state index contributed by atoms with van der Waals surface area (Å²) in [7, 11) is 0. The third kappa shape index (κ3) is 4.60. The number of anilines is 1. The molecule has 0 aromatic heterocycles. The van der Waals surface area contributed by atoms with Crippen molar-refractivity contribution in [3.63, 3.8) is 0 Å². The Kier molecular flexibility index (Phi) is 5.43. The van der Waals surface area contributed by atoms with Gasteiger partial charge >= 0.3 is 5.69 Å². The molecular weight excluding hydrogens is 324 g/mol. The lowest BCUT2D eigenvalue weighted by molar-refractivity contribution is -0.393. The monoisotopic (exact) mass is 342 g/mol. The van der Waals surface area contributed by atoms with Gasteiger partial charge in [0, 0.05) is 23.6 Å². The van der Waals surface area contributed by atoms with Crippen LogP contribution in [-0.2, 0) is 0 Å². The first kappa shape index (κ1) is 18.1. The highest BCUT2D eigenvalue weighted by Crippen LogP contribution is 2.30. The molecule has 8 nitrogen and oxygen atoms in total. The SMILES string of the molecule is CC(C)(/C=N/Nc1ccc([N+](=O)[O-])cc1[N+](=O)[O-])C1C=CC=CC=C1. The Morgan fingerprint density at radius 3 is 2.28 bits per heavy atom. The lowest BCUT2D eigenvalue weighted by Crippen LogP contribution is -2.23. The Morgan fingerprint density at radius 1 is 1.08 bits per heavy atom. The third-order valence-corrected chi connectivity index (χ3v) is 3.80. The van der Waals surface area contributed by atoms with Crippen LogP contribution in [0.5, 0.6) is 0 Å². The quantitative estimate of drug-likeness (QED) is 0.472. The van der Waals surface area contributed by atoms with Crippen molar-refractivity contribution >= 4 is 23.3 Å². The Bertz CT molecular complexity index is 778. The second kappa shape index (κ2) is 7.52. The van der Waals surface area contributed by atoms with E-state index in [0.717, 1.165) is 6.07 Å². The summed E-state index contributed by atoms with van der Waals surface area (Å²) in [5.74, 6) is 0.111. The molecule has 0 spiro atoms. The topological polar surface area (TPSA) is 111 Å². The van der Waals surface area contributed by atoms with Gasteiger partial charge in [0.25, 0.3) is 5.69 Å². The standard InChI is InChI=1S/C17H18N4O4/c1-17(2,13-7-5-3-4-6-8-13)12-18-19-15-10-9-14(20(22)23)11-16(15)21(24)25/h3-13,19H,1-2H3/b18-12+. The summed E-state index contributed by atoms with van der Waals surface area (Å²) in [5, 5.41) is 26.0. The van der Waals surface area contributed by atoms with Gasteiger partial charge in [0.2, 0.25) is 0 Å². The van der Waals surface area contributed by atoms with Crippen LogP contribution >= 0.6 is 0 Å². The van der Waals surface area contributed by atoms with Gasteiger partial charge in [0.15, 0.2) is 0 Å². The highest BCUT2D eigenvalue weighted by atomic mass is 16.6. The van der Waals surface area contributed by atoms with Gasteiger partial charge < -0.3 is 0 Å². The Balaban J connectivity index is 2.18. The van der Waals surface area contributed by atoms with Crippen LogP contribution in [0.3, 0.4) is 0 Å². The van der Waals surface area contributed by atoms with Gasteiger partial charge in [-0.2, -0.15) is 5.10 Å². The number of nitrogens with one attached hydrogen (secondary N) is 1. The van der Waals surface area contributed by atoms with E-state index < -0.39 is 15.5 Å². The van der Waals surface area contributed by atoms with Gasteiger partial charge in [-0.05, 0) is 6.07 Å². The normalized spacial score (nSPS) is 14.6. The molecule has 1 aromatic rings. The maximum Gasteiger partial charge on any atom is 0.301 e. The fraction of sp³-hybridized carbons (Fsp3) is 0.235. The molecule has 0 saturated heterocycles. The minimum absolute atomic E-state index is 0.0938. The Hall–Kier alpha value is -3.29. The largest absolute Gasteiger partial charge is 0.301 e. The van der Waals surface area contributed by atoms with Gasteiger partial charge in [0.05, 0.1) is 15.9 Å². The molecule has 1 N–H and O–H groups in total. The first-order valence-corrected chi connectivity index (χ1v) is 7.56.